The lowest BCUT2D eigenvalue weighted by molar-refractivity contribution is 0.102. The van der Waals surface area contributed by atoms with Crippen LogP contribution in [0.1, 0.15) is 10.4 Å². The van der Waals surface area contributed by atoms with Gasteiger partial charge in [-0.15, -0.1) is 0 Å². The number of carbonyl (C=O) groups excluding carboxylic acids is 1. The van der Waals surface area contributed by atoms with Gasteiger partial charge in [0, 0.05) is 21.8 Å². The van der Waals surface area contributed by atoms with Crippen molar-refractivity contribution in [2.75, 3.05) is 5.32 Å². The van der Waals surface area contributed by atoms with Gasteiger partial charge >= 0.3 is 0 Å². The molecule has 1 N–H and O–H groups in total. The van der Waals surface area contributed by atoms with E-state index in [1.54, 1.807) is 36.4 Å². The molecule has 0 aliphatic heterocycles. The quantitative estimate of drug-likeness (QED) is 0.478. The molecule has 4 aromatic rings. The number of rotatable bonds is 3. The summed E-state index contributed by atoms with van der Waals surface area (Å²) in [7, 11) is 0. The Labute approximate surface area is 163 Å². The second kappa shape index (κ2) is 7.21. The molecule has 0 unspecified atom stereocenters. The van der Waals surface area contributed by atoms with Gasteiger partial charge in [0.25, 0.3) is 5.91 Å². The van der Waals surface area contributed by atoms with Gasteiger partial charge in [-0.1, -0.05) is 42.5 Å². The van der Waals surface area contributed by atoms with Crippen molar-refractivity contribution in [2.45, 2.75) is 0 Å². The molecule has 5 heteroatoms. The first-order chi connectivity index (χ1) is 13.1. The first-order valence-electron chi connectivity index (χ1n) is 8.31. The Morgan fingerprint density at radius 2 is 1.63 bits per heavy atom. The maximum atomic E-state index is 12.6. The van der Waals surface area contributed by atoms with Gasteiger partial charge in [-0.05, 0) is 46.3 Å². The molecule has 132 valence electrons. The summed E-state index contributed by atoms with van der Waals surface area (Å²) in [5.41, 5.74) is 2.20. The van der Waals surface area contributed by atoms with Gasteiger partial charge in [0.15, 0.2) is 5.43 Å². The van der Waals surface area contributed by atoms with Crippen molar-refractivity contribution in [1.82, 2.24) is 0 Å². The van der Waals surface area contributed by atoms with Gasteiger partial charge in [-0.25, -0.2) is 0 Å². The van der Waals surface area contributed by atoms with E-state index in [0.717, 1.165) is 5.56 Å². The van der Waals surface area contributed by atoms with Crippen LogP contribution in [-0.2, 0) is 0 Å². The summed E-state index contributed by atoms with van der Waals surface area (Å²) < 4.78 is 6.58. The lowest BCUT2D eigenvalue weighted by atomic mass is 10.1. The third kappa shape index (κ3) is 3.55. The van der Waals surface area contributed by atoms with E-state index in [1.165, 1.54) is 6.07 Å². The van der Waals surface area contributed by atoms with Crippen LogP contribution in [0.15, 0.2) is 92.5 Å². The van der Waals surface area contributed by atoms with E-state index in [1.807, 2.05) is 36.4 Å². The molecule has 4 rings (SSSR count). The highest BCUT2D eigenvalue weighted by molar-refractivity contribution is 9.10. The largest absolute Gasteiger partial charge is 0.456 e. The highest BCUT2D eigenvalue weighted by Gasteiger charge is 2.12. The molecular weight excluding hydrogens is 406 g/mol. The Bertz CT molecular complexity index is 1200. The number of hydrogen-bond acceptors (Lipinski definition) is 3. The van der Waals surface area contributed by atoms with Crippen LogP contribution in [0.25, 0.3) is 22.3 Å². The van der Waals surface area contributed by atoms with Crippen LogP contribution in [0.4, 0.5) is 5.69 Å². The van der Waals surface area contributed by atoms with Crippen molar-refractivity contribution < 1.29 is 9.21 Å². The van der Waals surface area contributed by atoms with Crippen molar-refractivity contribution in [2.24, 2.45) is 0 Å². The van der Waals surface area contributed by atoms with Gasteiger partial charge in [0.1, 0.15) is 11.3 Å². The fourth-order valence-corrected chi connectivity index (χ4v) is 3.29. The van der Waals surface area contributed by atoms with E-state index in [4.69, 9.17) is 4.42 Å². The third-order valence-electron chi connectivity index (χ3n) is 4.16. The zero-order valence-electron chi connectivity index (χ0n) is 14.1. The maximum Gasteiger partial charge on any atom is 0.256 e. The average molecular weight is 420 g/mol. The van der Waals surface area contributed by atoms with E-state index >= 15 is 0 Å². The maximum absolute atomic E-state index is 12.6. The standard InChI is InChI=1S/C22H14BrNO3/c23-18-9-5-4-8-16(18)22(26)24-15-10-11-20-17(12-15)19(25)13-21(27-20)14-6-2-1-3-7-14/h1-13H,(H,24,26). The second-order valence-electron chi connectivity index (χ2n) is 5.99. The molecule has 0 aliphatic carbocycles. The summed E-state index contributed by atoms with van der Waals surface area (Å²) in [4.78, 5) is 25.0. The molecule has 0 fully saturated rings. The van der Waals surface area contributed by atoms with Crippen LogP contribution in [-0.4, -0.2) is 5.91 Å². The molecular formula is C22H14BrNO3. The summed E-state index contributed by atoms with van der Waals surface area (Å²) in [6, 6.07) is 23.1. The van der Waals surface area contributed by atoms with E-state index in [9.17, 15) is 9.59 Å². The minimum Gasteiger partial charge on any atom is -0.456 e. The molecule has 0 radical (unpaired) electrons. The number of halogens is 1. The van der Waals surface area contributed by atoms with Crippen molar-refractivity contribution >= 4 is 38.5 Å². The first kappa shape index (κ1) is 17.2. The molecule has 4 nitrogen and oxygen atoms in total. The highest BCUT2D eigenvalue weighted by atomic mass is 79.9. The Morgan fingerprint density at radius 1 is 0.889 bits per heavy atom. The number of carbonyl (C=O) groups is 1. The zero-order valence-corrected chi connectivity index (χ0v) is 15.7. The number of benzene rings is 3. The van der Waals surface area contributed by atoms with E-state index in [0.29, 0.717) is 32.5 Å². The van der Waals surface area contributed by atoms with E-state index < -0.39 is 0 Å². The molecule has 1 heterocycles. The van der Waals surface area contributed by atoms with Gasteiger partial charge in [-0.2, -0.15) is 0 Å². The number of nitrogens with one attached hydrogen (secondary N) is 1. The van der Waals surface area contributed by atoms with Crippen molar-refractivity contribution in [3.8, 4) is 11.3 Å². The molecule has 0 spiro atoms. The van der Waals surface area contributed by atoms with E-state index in [-0.39, 0.29) is 11.3 Å². The summed E-state index contributed by atoms with van der Waals surface area (Å²) >= 11 is 3.37. The van der Waals surface area contributed by atoms with Gasteiger partial charge in [0.05, 0.1) is 10.9 Å². The summed E-state index contributed by atoms with van der Waals surface area (Å²) in [5.74, 6) is 0.255. The van der Waals surface area contributed by atoms with Crippen LogP contribution < -0.4 is 10.7 Å². The fourth-order valence-electron chi connectivity index (χ4n) is 2.82. The molecule has 0 atom stereocenters. The molecule has 1 amide bonds. The Kier molecular flexibility index (Phi) is 4.60. The lowest BCUT2D eigenvalue weighted by Crippen LogP contribution is -2.13. The fraction of sp³-hybridized carbons (Fsp3) is 0. The van der Waals surface area contributed by atoms with Crippen LogP contribution in [0.2, 0.25) is 0 Å². The summed E-state index contributed by atoms with van der Waals surface area (Å²) in [6.07, 6.45) is 0. The minimum atomic E-state index is -0.257. The van der Waals surface area contributed by atoms with Crippen molar-refractivity contribution in [1.29, 1.82) is 0 Å². The summed E-state index contributed by atoms with van der Waals surface area (Å²) in [6.45, 7) is 0. The number of hydrogen-bond donors (Lipinski definition) is 1. The van der Waals surface area contributed by atoms with Gasteiger partial charge in [0.2, 0.25) is 0 Å². The highest BCUT2D eigenvalue weighted by Crippen LogP contribution is 2.24. The predicted octanol–water partition coefficient (Wildman–Crippen LogP) is 5.47. The molecule has 0 saturated carbocycles. The smallest absolute Gasteiger partial charge is 0.256 e. The van der Waals surface area contributed by atoms with Crippen LogP contribution in [0.5, 0.6) is 0 Å². The van der Waals surface area contributed by atoms with Gasteiger partial charge in [-0.3, -0.25) is 9.59 Å². The van der Waals surface area contributed by atoms with Crippen molar-refractivity contribution in [3.05, 3.63) is 99.1 Å². The predicted molar refractivity (Wildman–Crippen MR) is 110 cm³/mol. The number of fused-ring (bicyclic) bond motifs is 1. The normalized spacial score (nSPS) is 10.7. The molecule has 0 aliphatic rings. The SMILES string of the molecule is O=C(Nc1ccc2oc(-c3ccccc3)cc(=O)c2c1)c1ccccc1Br. The number of anilines is 1. The van der Waals surface area contributed by atoms with E-state index in [2.05, 4.69) is 21.2 Å². The van der Waals surface area contributed by atoms with Gasteiger partial charge < -0.3 is 9.73 Å². The van der Waals surface area contributed by atoms with Crippen LogP contribution in [0.3, 0.4) is 0 Å². The Balaban J connectivity index is 1.69. The summed E-state index contributed by atoms with van der Waals surface area (Å²) in [5, 5.41) is 3.23. The average Bonchev–Trinajstić information content (AvgIpc) is 2.69. The topological polar surface area (TPSA) is 59.3 Å². The minimum absolute atomic E-state index is 0.160. The van der Waals surface area contributed by atoms with Crippen molar-refractivity contribution in [3.63, 3.8) is 0 Å². The van der Waals surface area contributed by atoms with Crippen LogP contribution in [0, 0.1) is 0 Å². The van der Waals surface area contributed by atoms with Crippen LogP contribution >= 0.6 is 15.9 Å². The lowest BCUT2D eigenvalue weighted by Gasteiger charge is -2.08. The molecule has 0 saturated heterocycles. The number of amides is 1. The molecule has 3 aromatic carbocycles. The monoisotopic (exact) mass is 419 g/mol. The molecule has 27 heavy (non-hydrogen) atoms. The third-order valence-corrected chi connectivity index (χ3v) is 4.85. The molecule has 0 bridgehead atoms. The molecule has 1 aromatic heterocycles. The Morgan fingerprint density at radius 3 is 2.41 bits per heavy atom. The second-order valence-corrected chi connectivity index (χ2v) is 6.84. The Hall–Kier alpha value is -3.18. The first-order valence-corrected chi connectivity index (χ1v) is 9.10. The zero-order chi connectivity index (χ0) is 18.8.